The molecule has 5 atom stereocenters. The molecular weight excluding hydrogens is 634 g/mol. The van der Waals surface area contributed by atoms with Crippen LogP contribution in [-0.4, -0.2) is 81.6 Å². The largest absolute Gasteiger partial charge is 0.394 e. The van der Waals surface area contributed by atoms with Crippen LogP contribution in [0, 0.1) is 0 Å². The molecule has 1 amide bonds. The van der Waals surface area contributed by atoms with E-state index < -0.39 is 43.5 Å². The van der Waals surface area contributed by atoms with Gasteiger partial charge in [-0.25, -0.2) is 0 Å². The predicted molar refractivity (Wildman–Crippen MR) is 205 cm³/mol. The summed E-state index contributed by atoms with van der Waals surface area (Å²) < 4.78 is 10.9. The van der Waals surface area contributed by atoms with E-state index in [2.05, 4.69) is 32.2 Å². The molecule has 0 aliphatic rings. The number of carbonyl (C=O) groups excluding carboxylic acids is 1. The number of hydrogen-bond acceptors (Lipinski definition) is 8. The molecule has 6 N–H and O–H groups in total. The Hall–Kier alpha value is -1.33. The van der Waals surface area contributed by atoms with Gasteiger partial charge in [-0.2, -0.15) is 0 Å². The van der Waals surface area contributed by atoms with Crippen LogP contribution >= 0.6 is 0 Å². The summed E-state index contributed by atoms with van der Waals surface area (Å²) in [5.74, 6) is -0.211. The van der Waals surface area contributed by atoms with E-state index in [9.17, 15) is 30.3 Å². The minimum absolute atomic E-state index is 0.211. The first-order valence-electron chi connectivity index (χ1n) is 20.4. The zero-order valence-corrected chi connectivity index (χ0v) is 32.5. The van der Waals surface area contributed by atoms with E-state index in [-0.39, 0.29) is 12.5 Å². The Kier molecular flexibility index (Phi) is 33.8. The van der Waals surface area contributed by atoms with E-state index in [1.54, 1.807) is 6.08 Å². The second-order valence-electron chi connectivity index (χ2n) is 14.3. The van der Waals surface area contributed by atoms with Gasteiger partial charge in [-0.1, -0.05) is 153 Å². The third-order valence-corrected chi connectivity index (χ3v) is 9.31. The molecular formula is C41H79NO8. The number of amides is 1. The number of aliphatic hydroxyl groups is 5. The molecule has 0 aliphatic heterocycles. The van der Waals surface area contributed by atoms with Crippen LogP contribution in [0.5, 0.6) is 0 Å². The summed E-state index contributed by atoms with van der Waals surface area (Å²) in [6.07, 6.45) is 26.8. The predicted octanol–water partition coefficient (Wildman–Crippen LogP) is 8.15. The van der Waals surface area contributed by atoms with Crippen molar-refractivity contribution >= 4 is 5.91 Å². The summed E-state index contributed by atoms with van der Waals surface area (Å²) in [5, 5.41) is 52.7. The summed E-state index contributed by atoms with van der Waals surface area (Å²) in [4.78, 5) is 12.9. The van der Waals surface area contributed by atoms with E-state index in [0.717, 1.165) is 38.5 Å². The van der Waals surface area contributed by atoms with Crippen molar-refractivity contribution < 1.29 is 39.8 Å². The third-order valence-electron chi connectivity index (χ3n) is 9.31. The topological polar surface area (TPSA) is 149 Å². The number of carbonyl (C=O) groups is 1. The maximum atomic E-state index is 12.9. The van der Waals surface area contributed by atoms with Crippen molar-refractivity contribution in [3.63, 3.8) is 0 Å². The highest BCUT2D eigenvalue weighted by Crippen LogP contribution is 2.15. The van der Waals surface area contributed by atoms with Gasteiger partial charge in [0.1, 0.15) is 6.10 Å². The number of hydrogen-bond donors (Lipinski definition) is 6. The maximum Gasteiger partial charge on any atom is 0.220 e. The quantitative estimate of drug-likeness (QED) is 0.0217. The van der Waals surface area contributed by atoms with Crippen molar-refractivity contribution in [3.8, 4) is 0 Å². The second kappa shape index (κ2) is 34.7. The van der Waals surface area contributed by atoms with Crippen LogP contribution in [-0.2, 0) is 14.3 Å². The van der Waals surface area contributed by atoms with Crippen molar-refractivity contribution in [1.29, 1.82) is 0 Å². The van der Waals surface area contributed by atoms with Crippen molar-refractivity contribution in [3.05, 3.63) is 23.8 Å². The summed E-state index contributed by atoms with van der Waals surface area (Å²) in [5.41, 5.74) is 1.38. The number of unbranched alkanes of at least 4 members (excludes halogenated alkanes) is 19. The van der Waals surface area contributed by atoms with Crippen LogP contribution in [0.3, 0.4) is 0 Å². The Morgan fingerprint density at radius 3 is 1.64 bits per heavy atom. The van der Waals surface area contributed by atoms with E-state index in [4.69, 9.17) is 9.47 Å². The lowest BCUT2D eigenvalue weighted by atomic mass is 10.0. The van der Waals surface area contributed by atoms with E-state index in [1.807, 2.05) is 6.08 Å². The number of ether oxygens (including phenoxy) is 2. The molecule has 0 aromatic rings. The van der Waals surface area contributed by atoms with Gasteiger partial charge in [0.25, 0.3) is 0 Å². The molecule has 0 aromatic carbocycles. The van der Waals surface area contributed by atoms with E-state index >= 15 is 0 Å². The Morgan fingerprint density at radius 1 is 0.700 bits per heavy atom. The van der Waals surface area contributed by atoms with Crippen LogP contribution in [0.2, 0.25) is 0 Å². The van der Waals surface area contributed by atoms with Crippen molar-refractivity contribution in [2.75, 3.05) is 13.2 Å². The average molecular weight is 714 g/mol. The Morgan fingerprint density at radius 2 is 1.18 bits per heavy atom. The van der Waals surface area contributed by atoms with Crippen LogP contribution in [0.1, 0.15) is 182 Å². The zero-order chi connectivity index (χ0) is 37.2. The van der Waals surface area contributed by atoms with Gasteiger partial charge in [0.2, 0.25) is 18.5 Å². The summed E-state index contributed by atoms with van der Waals surface area (Å²) in [6, 6.07) is -0.862. The lowest BCUT2D eigenvalue weighted by Gasteiger charge is -2.29. The van der Waals surface area contributed by atoms with Gasteiger partial charge in [-0.05, 0) is 46.0 Å². The standard InChI is InChI=1S/C41H79NO8/c1-5-7-9-11-13-14-15-16-17-18-20-22-27-31-39(46)42-36(33-49-41(40(47)48)50-38(32-43)35(4)44)37(45)30-26-23-25-29-34(3)28-24-21-19-12-10-8-6-2/h26,29-30,35-38,40-41,43-45,47-48H,5-25,27-28,31-33H2,1-4H3,(H,42,46)/b30-26+,34-29+/t35?,36-,37+,38?,41?/m0/s1. The molecule has 296 valence electrons. The SMILES string of the molecule is CCCCCCCCCCCCCCCC(=O)N[C@@H](COC(OC(CO)C(C)O)C(O)O)[C@H](O)/C=C/CC/C=C(\C)CCCCCCCCC. The first-order chi connectivity index (χ1) is 24.2. The number of nitrogens with one attached hydrogen (secondary N) is 1. The molecule has 50 heavy (non-hydrogen) atoms. The Bertz CT molecular complexity index is 818. The molecule has 0 radical (unpaired) electrons. The van der Waals surface area contributed by atoms with Crippen LogP contribution in [0.25, 0.3) is 0 Å². The maximum absolute atomic E-state index is 12.9. The molecule has 9 nitrogen and oxygen atoms in total. The number of allylic oxidation sites excluding steroid dienone is 3. The minimum Gasteiger partial charge on any atom is -0.394 e. The molecule has 0 fully saturated rings. The molecule has 0 saturated heterocycles. The summed E-state index contributed by atoms with van der Waals surface area (Å²) in [7, 11) is 0. The average Bonchev–Trinajstić information content (AvgIpc) is 3.08. The first kappa shape index (κ1) is 48.7. The normalized spacial score (nSPS) is 15.4. The number of rotatable bonds is 36. The van der Waals surface area contributed by atoms with Gasteiger partial charge in [0.05, 0.1) is 31.5 Å². The Balaban J connectivity index is 4.81. The van der Waals surface area contributed by atoms with Crippen LogP contribution in [0.15, 0.2) is 23.8 Å². The monoisotopic (exact) mass is 714 g/mol. The molecule has 0 spiro atoms. The Labute approximate surface area is 306 Å². The minimum atomic E-state index is -2.06. The highest BCUT2D eigenvalue weighted by molar-refractivity contribution is 5.76. The molecule has 0 rings (SSSR count). The highest BCUT2D eigenvalue weighted by atomic mass is 16.7. The fourth-order valence-electron chi connectivity index (χ4n) is 5.94. The lowest BCUT2D eigenvalue weighted by molar-refractivity contribution is -0.282. The number of aliphatic hydroxyl groups excluding tert-OH is 4. The first-order valence-corrected chi connectivity index (χ1v) is 20.4. The van der Waals surface area contributed by atoms with Crippen molar-refractivity contribution in [2.45, 2.75) is 219 Å². The molecule has 0 bridgehead atoms. The lowest BCUT2D eigenvalue weighted by Crippen LogP contribution is -2.48. The smallest absolute Gasteiger partial charge is 0.220 e. The summed E-state index contributed by atoms with van der Waals surface area (Å²) >= 11 is 0. The molecule has 0 saturated carbocycles. The van der Waals surface area contributed by atoms with Gasteiger partial charge in [0, 0.05) is 6.42 Å². The molecule has 0 aromatic heterocycles. The molecule has 0 aliphatic carbocycles. The van der Waals surface area contributed by atoms with Crippen molar-refractivity contribution in [2.24, 2.45) is 0 Å². The van der Waals surface area contributed by atoms with Crippen molar-refractivity contribution in [1.82, 2.24) is 5.32 Å². The zero-order valence-electron chi connectivity index (χ0n) is 32.5. The van der Waals surface area contributed by atoms with E-state index in [1.165, 1.54) is 122 Å². The fraction of sp³-hybridized carbons (Fsp3) is 0.878. The fourth-order valence-corrected chi connectivity index (χ4v) is 5.94. The van der Waals surface area contributed by atoms with Gasteiger partial charge >= 0.3 is 0 Å². The molecule has 3 unspecified atom stereocenters. The van der Waals surface area contributed by atoms with Crippen LogP contribution in [0.4, 0.5) is 0 Å². The highest BCUT2D eigenvalue weighted by Gasteiger charge is 2.28. The van der Waals surface area contributed by atoms with Crippen LogP contribution < -0.4 is 5.32 Å². The van der Waals surface area contributed by atoms with E-state index in [0.29, 0.717) is 6.42 Å². The molecule has 0 heterocycles. The molecule has 9 heteroatoms. The van der Waals surface area contributed by atoms with Gasteiger partial charge in [-0.3, -0.25) is 4.79 Å². The third kappa shape index (κ3) is 29.3. The van der Waals surface area contributed by atoms with Gasteiger partial charge in [-0.15, -0.1) is 0 Å². The van der Waals surface area contributed by atoms with Gasteiger partial charge in [0.15, 0.2) is 0 Å². The summed E-state index contributed by atoms with van der Waals surface area (Å²) in [6.45, 7) is 7.24. The van der Waals surface area contributed by atoms with Gasteiger partial charge < -0.3 is 40.3 Å². The second-order valence-corrected chi connectivity index (χ2v) is 14.3.